The molecular formula is C9H16N2O5. The number of rotatable bonds is 5. The largest absolute Gasteiger partial charge is 0.480 e. The van der Waals surface area contributed by atoms with Crippen LogP contribution in [0.15, 0.2) is 0 Å². The van der Waals surface area contributed by atoms with Gasteiger partial charge < -0.3 is 25.6 Å². The van der Waals surface area contributed by atoms with Crippen molar-refractivity contribution in [3.8, 4) is 0 Å². The van der Waals surface area contributed by atoms with Crippen LogP contribution in [0.4, 0.5) is 4.79 Å². The molecule has 7 heteroatoms. The van der Waals surface area contributed by atoms with Gasteiger partial charge in [0.2, 0.25) is 0 Å². The summed E-state index contributed by atoms with van der Waals surface area (Å²) in [5.74, 6) is -1.16. The molecule has 0 bridgehead atoms. The number of carbonyl (C=O) groups excluding carboxylic acids is 1. The molecule has 0 radical (unpaired) electrons. The molecule has 1 fully saturated rings. The highest BCUT2D eigenvalue weighted by molar-refractivity contribution is 5.82. The van der Waals surface area contributed by atoms with E-state index in [1.54, 1.807) is 0 Å². The molecule has 1 saturated heterocycles. The summed E-state index contributed by atoms with van der Waals surface area (Å²) in [6.45, 7) is 0.763. The maximum absolute atomic E-state index is 11.4. The van der Waals surface area contributed by atoms with E-state index in [-0.39, 0.29) is 19.1 Å². The third kappa shape index (κ3) is 4.03. The van der Waals surface area contributed by atoms with Crippen LogP contribution in [0.2, 0.25) is 0 Å². The van der Waals surface area contributed by atoms with E-state index < -0.39 is 18.0 Å². The van der Waals surface area contributed by atoms with Crippen LogP contribution < -0.4 is 10.6 Å². The minimum atomic E-state index is -1.16. The highest BCUT2D eigenvalue weighted by Gasteiger charge is 2.22. The van der Waals surface area contributed by atoms with E-state index in [2.05, 4.69) is 10.6 Å². The first kappa shape index (κ1) is 12.7. The molecule has 0 spiro atoms. The van der Waals surface area contributed by atoms with Crippen LogP contribution in [0.1, 0.15) is 12.8 Å². The first-order valence-corrected chi connectivity index (χ1v) is 5.12. The molecule has 1 aliphatic rings. The predicted molar refractivity (Wildman–Crippen MR) is 54.0 cm³/mol. The number of carbonyl (C=O) groups is 2. The average molecular weight is 232 g/mol. The van der Waals surface area contributed by atoms with Gasteiger partial charge in [-0.2, -0.15) is 0 Å². The van der Waals surface area contributed by atoms with Gasteiger partial charge in [-0.15, -0.1) is 0 Å². The fraction of sp³-hybridized carbons (Fsp3) is 0.778. The maximum atomic E-state index is 11.4. The average Bonchev–Trinajstić information content (AvgIpc) is 2.69. The summed E-state index contributed by atoms with van der Waals surface area (Å²) >= 11 is 0. The van der Waals surface area contributed by atoms with E-state index in [9.17, 15) is 9.59 Å². The molecule has 1 aliphatic heterocycles. The quantitative estimate of drug-likeness (QED) is 0.481. The first-order valence-electron chi connectivity index (χ1n) is 5.12. The number of ether oxygens (including phenoxy) is 1. The van der Waals surface area contributed by atoms with Crippen LogP contribution in [0.25, 0.3) is 0 Å². The molecule has 2 atom stereocenters. The van der Waals surface area contributed by atoms with E-state index in [4.69, 9.17) is 14.9 Å². The van der Waals surface area contributed by atoms with Crippen molar-refractivity contribution in [1.82, 2.24) is 10.6 Å². The number of carboxylic acids is 1. The number of aliphatic carboxylic acids is 1. The maximum Gasteiger partial charge on any atom is 0.326 e. The Morgan fingerprint density at radius 2 is 2.25 bits per heavy atom. The molecule has 2 amide bonds. The summed E-state index contributed by atoms with van der Waals surface area (Å²) in [5, 5.41) is 22.2. The Labute approximate surface area is 92.8 Å². The van der Waals surface area contributed by atoms with Crippen molar-refractivity contribution in [2.24, 2.45) is 0 Å². The van der Waals surface area contributed by atoms with Crippen LogP contribution in [0, 0.1) is 0 Å². The molecule has 0 aromatic carbocycles. The highest BCUT2D eigenvalue weighted by Crippen LogP contribution is 2.02. The number of urea groups is 1. The topological polar surface area (TPSA) is 108 Å². The van der Waals surface area contributed by atoms with Gasteiger partial charge in [-0.3, -0.25) is 0 Å². The van der Waals surface area contributed by atoms with E-state index in [0.717, 1.165) is 6.42 Å². The molecule has 2 unspecified atom stereocenters. The van der Waals surface area contributed by atoms with Gasteiger partial charge in [-0.1, -0.05) is 0 Å². The number of hydrogen-bond donors (Lipinski definition) is 4. The second kappa shape index (κ2) is 6.29. The molecule has 0 aromatic rings. The van der Waals surface area contributed by atoms with Gasteiger partial charge in [0, 0.05) is 19.6 Å². The number of amides is 2. The molecule has 0 aromatic heterocycles. The van der Waals surface area contributed by atoms with Crippen LogP contribution in [-0.4, -0.2) is 54.1 Å². The number of aliphatic hydroxyl groups excluding tert-OH is 1. The minimum Gasteiger partial charge on any atom is -0.480 e. The third-order valence-electron chi connectivity index (χ3n) is 2.29. The molecule has 92 valence electrons. The highest BCUT2D eigenvalue weighted by atomic mass is 16.5. The number of hydrogen-bond acceptors (Lipinski definition) is 4. The van der Waals surface area contributed by atoms with Gasteiger partial charge in [0.15, 0.2) is 0 Å². The lowest BCUT2D eigenvalue weighted by molar-refractivity contribution is -0.139. The predicted octanol–water partition coefficient (Wildman–Crippen LogP) is -1.09. The zero-order chi connectivity index (χ0) is 12.0. The molecule has 0 aliphatic carbocycles. The molecule has 4 N–H and O–H groups in total. The monoisotopic (exact) mass is 232 g/mol. The number of nitrogens with one attached hydrogen (secondary N) is 2. The van der Waals surface area contributed by atoms with Crippen molar-refractivity contribution in [2.75, 3.05) is 19.8 Å². The summed E-state index contributed by atoms with van der Waals surface area (Å²) in [6.07, 6.45) is 0.717. The van der Waals surface area contributed by atoms with E-state index in [0.29, 0.717) is 13.2 Å². The number of aliphatic hydroxyl groups is 1. The van der Waals surface area contributed by atoms with E-state index in [1.807, 2.05) is 0 Å². The van der Waals surface area contributed by atoms with Crippen LogP contribution in [-0.2, 0) is 9.53 Å². The minimum absolute atomic E-state index is 0.01000. The Kier molecular flexibility index (Phi) is 5.00. The standard InChI is InChI=1S/C9H16N2O5/c12-3-1-7(8(13)14)11-9(15)10-6-2-4-16-5-6/h6-7,12H,1-5H2,(H,13,14)(H2,10,11,15). The van der Waals surface area contributed by atoms with Gasteiger partial charge in [-0.25, -0.2) is 9.59 Å². The van der Waals surface area contributed by atoms with Crippen molar-refractivity contribution in [2.45, 2.75) is 24.9 Å². The van der Waals surface area contributed by atoms with E-state index in [1.165, 1.54) is 0 Å². The van der Waals surface area contributed by atoms with Gasteiger partial charge in [0.25, 0.3) is 0 Å². The van der Waals surface area contributed by atoms with Gasteiger partial charge in [0.1, 0.15) is 6.04 Å². The molecular weight excluding hydrogens is 216 g/mol. The van der Waals surface area contributed by atoms with Crippen molar-refractivity contribution in [3.05, 3.63) is 0 Å². The zero-order valence-electron chi connectivity index (χ0n) is 8.81. The second-order valence-electron chi connectivity index (χ2n) is 3.58. The fourth-order valence-corrected chi connectivity index (χ4v) is 1.42. The Bertz CT molecular complexity index is 252. The van der Waals surface area contributed by atoms with Gasteiger partial charge >= 0.3 is 12.0 Å². The first-order chi connectivity index (χ1) is 7.63. The Morgan fingerprint density at radius 1 is 1.50 bits per heavy atom. The Balaban J connectivity index is 2.32. The molecule has 1 rings (SSSR count). The van der Waals surface area contributed by atoms with Gasteiger partial charge in [0.05, 0.1) is 12.6 Å². The van der Waals surface area contributed by atoms with Crippen molar-refractivity contribution >= 4 is 12.0 Å². The lowest BCUT2D eigenvalue weighted by atomic mass is 10.2. The summed E-state index contributed by atoms with van der Waals surface area (Å²) in [6, 6.07) is -1.67. The Morgan fingerprint density at radius 3 is 2.75 bits per heavy atom. The normalized spacial score (nSPS) is 21.4. The summed E-state index contributed by atoms with van der Waals surface area (Å²) in [5.41, 5.74) is 0. The third-order valence-corrected chi connectivity index (χ3v) is 2.29. The number of carboxylic acid groups (broad SMARTS) is 1. The smallest absolute Gasteiger partial charge is 0.326 e. The molecule has 16 heavy (non-hydrogen) atoms. The van der Waals surface area contributed by atoms with Crippen molar-refractivity contribution in [3.63, 3.8) is 0 Å². The SMILES string of the molecule is O=C(NC1CCOC1)NC(CCO)C(=O)O. The van der Waals surface area contributed by atoms with Crippen molar-refractivity contribution < 1.29 is 24.5 Å². The second-order valence-corrected chi connectivity index (χ2v) is 3.58. The fourth-order valence-electron chi connectivity index (χ4n) is 1.42. The summed E-state index contributed by atoms with van der Waals surface area (Å²) < 4.78 is 5.06. The van der Waals surface area contributed by atoms with Crippen LogP contribution >= 0.6 is 0 Å². The molecule has 7 nitrogen and oxygen atoms in total. The van der Waals surface area contributed by atoms with Crippen molar-refractivity contribution in [1.29, 1.82) is 0 Å². The zero-order valence-corrected chi connectivity index (χ0v) is 8.81. The summed E-state index contributed by atoms with van der Waals surface area (Å²) in [7, 11) is 0. The van der Waals surface area contributed by atoms with Crippen LogP contribution in [0.5, 0.6) is 0 Å². The lowest BCUT2D eigenvalue weighted by Gasteiger charge is -2.16. The lowest BCUT2D eigenvalue weighted by Crippen LogP contribution is -2.49. The van der Waals surface area contributed by atoms with Gasteiger partial charge in [-0.05, 0) is 6.42 Å². The molecule has 0 saturated carbocycles. The molecule has 1 heterocycles. The van der Waals surface area contributed by atoms with Crippen LogP contribution in [0.3, 0.4) is 0 Å². The Hall–Kier alpha value is -1.34. The van der Waals surface area contributed by atoms with E-state index >= 15 is 0 Å². The summed E-state index contributed by atoms with van der Waals surface area (Å²) in [4.78, 5) is 22.0.